The summed E-state index contributed by atoms with van der Waals surface area (Å²) in [5.74, 6) is -0.574. The number of hydrogen-bond donors (Lipinski definition) is 1. The Labute approximate surface area is 182 Å². The highest BCUT2D eigenvalue weighted by Crippen LogP contribution is 2.27. The second-order valence-electron chi connectivity index (χ2n) is 6.62. The fourth-order valence-corrected chi connectivity index (χ4v) is 3.25. The lowest BCUT2D eigenvalue weighted by Crippen LogP contribution is -2.35. The maximum atomic E-state index is 12.7. The molecule has 1 fully saturated rings. The van der Waals surface area contributed by atoms with Crippen LogP contribution in [-0.4, -0.2) is 24.4 Å². The highest BCUT2D eigenvalue weighted by Gasteiger charge is 2.34. The van der Waals surface area contributed by atoms with Crippen molar-refractivity contribution < 1.29 is 23.5 Å². The highest BCUT2D eigenvalue weighted by atomic mass is 35.5. The molecule has 1 saturated heterocycles. The fourth-order valence-electron chi connectivity index (χ4n) is 3.07. The molecule has 3 aromatic rings. The Morgan fingerprint density at radius 2 is 1.90 bits per heavy atom. The van der Waals surface area contributed by atoms with Crippen molar-refractivity contribution in [3.63, 3.8) is 0 Å². The number of halogens is 1. The van der Waals surface area contributed by atoms with Crippen molar-refractivity contribution in [1.82, 2.24) is 5.43 Å². The molecule has 156 valence electrons. The summed E-state index contributed by atoms with van der Waals surface area (Å²) in [5, 5.41) is 1.58. The normalized spacial score (nSPS) is 14.8. The molecule has 4 rings (SSSR count). The first-order valence-electron chi connectivity index (χ1n) is 9.46. The van der Waals surface area contributed by atoms with Crippen LogP contribution in [0.3, 0.4) is 0 Å². The van der Waals surface area contributed by atoms with Crippen LogP contribution in [-0.2, 0) is 14.3 Å². The lowest BCUT2D eigenvalue weighted by Gasteiger charge is -2.14. The van der Waals surface area contributed by atoms with E-state index in [9.17, 15) is 14.4 Å². The van der Waals surface area contributed by atoms with Gasteiger partial charge in [0.15, 0.2) is 0 Å². The second-order valence-corrected chi connectivity index (χ2v) is 7.06. The zero-order valence-corrected chi connectivity index (χ0v) is 17.2. The monoisotopic (exact) mass is 436 g/mol. The minimum Gasteiger partial charge on any atom is -0.462 e. The Morgan fingerprint density at radius 1 is 1.13 bits per heavy atom. The van der Waals surface area contributed by atoms with Gasteiger partial charge in [-0.1, -0.05) is 29.8 Å². The molecule has 1 aliphatic rings. The maximum Gasteiger partial charge on any atom is 0.338 e. The van der Waals surface area contributed by atoms with Gasteiger partial charge in [-0.3, -0.25) is 15.0 Å². The summed E-state index contributed by atoms with van der Waals surface area (Å²) >= 11 is 5.97. The third-order valence-corrected chi connectivity index (χ3v) is 4.79. The molecule has 2 heterocycles. The summed E-state index contributed by atoms with van der Waals surface area (Å²) < 4.78 is 10.7. The predicted octanol–water partition coefficient (Wildman–Crippen LogP) is 4.24. The summed E-state index contributed by atoms with van der Waals surface area (Å²) in [4.78, 5) is 36.8. The van der Waals surface area contributed by atoms with E-state index in [0.29, 0.717) is 34.4 Å². The summed E-state index contributed by atoms with van der Waals surface area (Å²) in [6.07, 6.45) is 1.39. The lowest BCUT2D eigenvalue weighted by atomic mass is 10.1. The van der Waals surface area contributed by atoms with Crippen molar-refractivity contribution in [2.45, 2.75) is 6.92 Å². The van der Waals surface area contributed by atoms with Gasteiger partial charge in [-0.2, -0.15) is 0 Å². The van der Waals surface area contributed by atoms with Crippen molar-refractivity contribution in [2.75, 3.05) is 11.6 Å². The van der Waals surface area contributed by atoms with Crippen LogP contribution >= 0.6 is 11.6 Å². The fraction of sp³-hybridized carbons (Fsp3) is 0.0870. The lowest BCUT2D eigenvalue weighted by molar-refractivity contribution is -0.117. The standard InChI is InChI=1S/C23H17ClN2O5/c1-2-30-23(29)15-8-6-14(7-9-15)20-11-10-18(31-20)13-19-21(27)25-26(22(19)28)17-5-3-4-16(24)12-17/h3-13H,2H2,1H3,(H,25,27)/b19-13-. The molecule has 0 bridgehead atoms. The van der Waals surface area contributed by atoms with Gasteiger partial charge in [0.1, 0.15) is 17.1 Å². The molecule has 0 unspecified atom stereocenters. The minimum absolute atomic E-state index is 0.0569. The smallest absolute Gasteiger partial charge is 0.338 e. The molecule has 2 aromatic carbocycles. The van der Waals surface area contributed by atoms with E-state index in [4.69, 9.17) is 20.8 Å². The van der Waals surface area contributed by atoms with E-state index in [-0.39, 0.29) is 5.57 Å². The number of carbonyl (C=O) groups excluding carboxylic acids is 3. The quantitative estimate of drug-likeness (QED) is 0.367. The van der Waals surface area contributed by atoms with Crippen LogP contribution in [0.4, 0.5) is 5.69 Å². The van der Waals surface area contributed by atoms with Gasteiger partial charge in [0.25, 0.3) is 11.8 Å². The number of hydrogen-bond acceptors (Lipinski definition) is 5. The Bertz CT molecular complexity index is 1200. The first-order chi connectivity index (χ1) is 15.0. The van der Waals surface area contributed by atoms with Gasteiger partial charge in [-0.25, -0.2) is 9.80 Å². The van der Waals surface area contributed by atoms with Crippen LogP contribution in [0.25, 0.3) is 17.4 Å². The molecule has 1 N–H and O–H groups in total. The highest BCUT2D eigenvalue weighted by molar-refractivity contribution is 6.33. The van der Waals surface area contributed by atoms with E-state index >= 15 is 0 Å². The Morgan fingerprint density at radius 3 is 2.61 bits per heavy atom. The predicted molar refractivity (Wildman–Crippen MR) is 115 cm³/mol. The first kappa shape index (κ1) is 20.4. The summed E-state index contributed by atoms with van der Waals surface area (Å²) in [6, 6.07) is 16.7. The van der Waals surface area contributed by atoms with Gasteiger partial charge in [0.05, 0.1) is 17.9 Å². The zero-order valence-electron chi connectivity index (χ0n) is 16.4. The molecular formula is C23H17ClN2O5. The van der Waals surface area contributed by atoms with Gasteiger partial charge in [-0.05, 0) is 55.5 Å². The number of esters is 1. The van der Waals surface area contributed by atoms with Crippen molar-refractivity contribution in [1.29, 1.82) is 0 Å². The topological polar surface area (TPSA) is 88.9 Å². The molecule has 0 saturated carbocycles. The zero-order chi connectivity index (χ0) is 22.0. The number of rotatable bonds is 5. The van der Waals surface area contributed by atoms with Gasteiger partial charge in [-0.15, -0.1) is 0 Å². The Balaban J connectivity index is 1.55. The van der Waals surface area contributed by atoms with E-state index in [1.54, 1.807) is 67.6 Å². The van der Waals surface area contributed by atoms with Crippen molar-refractivity contribution in [3.05, 3.63) is 82.6 Å². The van der Waals surface area contributed by atoms with Crippen LogP contribution in [0.5, 0.6) is 0 Å². The van der Waals surface area contributed by atoms with E-state index in [1.165, 1.54) is 6.08 Å². The molecule has 1 aromatic heterocycles. The number of amides is 2. The summed E-state index contributed by atoms with van der Waals surface area (Å²) in [6.45, 7) is 2.05. The molecule has 0 atom stereocenters. The van der Waals surface area contributed by atoms with Crippen molar-refractivity contribution in [3.8, 4) is 11.3 Å². The van der Waals surface area contributed by atoms with Crippen LogP contribution in [0.15, 0.2) is 70.7 Å². The van der Waals surface area contributed by atoms with Gasteiger partial charge < -0.3 is 9.15 Å². The van der Waals surface area contributed by atoms with Gasteiger partial charge in [0.2, 0.25) is 0 Å². The van der Waals surface area contributed by atoms with E-state index in [1.807, 2.05) is 0 Å². The third kappa shape index (κ3) is 4.22. The second kappa shape index (κ2) is 8.49. The minimum atomic E-state index is -0.540. The number of carbonyl (C=O) groups is 3. The number of hydrazine groups is 1. The van der Waals surface area contributed by atoms with Crippen LogP contribution in [0, 0.1) is 0 Å². The van der Waals surface area contributed by atoms with Crippen LogP contribution in [0.1, 0.15) is 23.0 Å². The number of furan rings is 1. The molecule has 2 amide bonds. The molecule has 0 spiro atoms. The molecule has 0 aliphatic carbocycles. The molecule has 8 heteroatoms. The SMILES string of the molecule is CCOC(=O)c1ccc(-c2ccc(/C=C3/C(=O)NN(c4cccc(Cl)c4)C3=O)o2)cc1. The molecule has 1 aliphatic heterocycles. The van der Waals surface area contributed by atoms with E-state index < -0.39 is 17.8 Å². The first-order valence-corrected chi connectivity index (χ1v) is 9.84. The molecule has 7 nitrogen and oxygen atoms in total. The van der Waals surface area contributed by atoms with Crippen molar-refractivity contribution in [2.24, 2.45) is 0 Å². The van der Waals surface area contributed by atoms with Crippen LogP contribution in [0.2, 0.25) is 5.02 Å². The molecular weight excluding hydrogens is 420 g/mol. The molecule has 0 radical (unpaired) electrons. The average molecular weight is 437 g/mol. The summed E-state index contributed by atoms with van der Waals surface area (Å²) in [7, 11) is 0. The van der Waals surface area contributed by atoms with E-state index in [2.05, 4.69) is 5.43 Å². The maximum absolute atomic E-state index is 12.7. The summed E-state index contributed by atoms with van der Waals surface area (Å²) in [5.41, 5.74) is 4.09. The van der Waals surface area contributed by atoms with Gasteiger partial charge >= 0.3 is 5.97 Å². The number of nitrogens with zero attached hydrogens (tertiary/aromatic N) is 1. The Kier molecular flexibility index (Phi) is 5.60. The number of ether oxygens (including phenoxy) is 1. The van der Waals surface area contributed by atoms with E-state index in [0.717, 1.165) is 10.6 Å². The number of nitrogens with one attached hydrogen (secondary N) is 1. The number of benzene rings is 2. The van der Waals surface area contributed by atoms with Gasteiger partial charge in [0, 0.05) is 10.6 Å². The van der Waals surface area contributed by atoms with Crippen LogP contribution < -0.4 is 10.4 Å². The third-order valence-electron chi connectivity index (χ3n) is 4.55. The Hall–Kier alpha value is -3.84. The largest absolute Gasteiger partial charge is 0.462 e. The number of anilines is 1. The average Bonchev–Trinajstić information content (AvgIpc) is 3.34. The molecule has 31 heavy (non-hydrogen) atoms. The van der Waals surface area contributed by atoms with Crippen molar-refractivity contribution >= 4 is 41.1 Å².